The molecule has 4 aliphatic rings. The number of fused-ring (bicyclic) bond motifs is 8. The van der Waals surface area contributed by atoms with Gasteiger partial charge in [0.2, 0.25) is 5.54 Å². The second kappa shape index (κ2) is 9.21. The van der Waals surface area contributed by atoms with Gasteiger partial charge in [0.1, 0.15) is 22.7 Å². The monoisotopic (exact) mass is 665 g/mol. The normalized spacial score (nSPS) is 19.2. The molecule has 0 amide bonds. The van der Waals surface area contributed by atoms with Crippen LogP contribution in [-0.2, 0) is 16.4 Å². The summed E-state index contributed by atoms with van der Waals surface area (Å²) in [6, 6.07) is 40.8. The van der Waals surface area contributed by atoms with Gasteiger partial charge in [-0.15, -0.1) is 0 Å². The third kappa shape index (κ3) is 3.45. The molecule has 1 spiro atoms. The SMILES string of the molecule is CN1c2ccc(-c3ccccc3)cc2N2c3cc(C(C)(C)C)cc4c3C3(c5c(cc(C(C)(C)C)cc5-n5c6ccccc6c6ccc[n+]3c65)O4)C12. The Morgan fingerprint density at radius 1 is 0.608 bits per heavy atom. The van der Waals surface area contributed by atoms with Gasteiger partial charge in [-0.05, 0) is 93.7 Å². The molecule has 0 fully saturated rings. The summed E-state index contributed by atoms with van der Waals surface area (Å²) in [7, 11) is 2.29. The molecule has 51 heavy (non-hydrogen) atoms. The predicted molar refractivity (Wildman–Crippen MR) is 207 cm³/mol. The van der Waals surface area contributed by atoms with Crippen LogP contribution in [0, 0.1) is 0 Å². The lowest BCUT2D eigenvalue weighted by molar-refractivity contribution is -0.725. The molecule has 0 saturated carbocycles. The highest BCUT2D eigenvalue weighted by molar-refractivity contribution is 6.08. The van der Waals surface area contributed by atoms with Crippen molar-refractivity contribution in [3.8, 4) is 28.3 Å². The Morgan fingerprint density at radius 2 is 1.25 bits per heavy atom. The van der Waals surface area contributed by atoms with E-state index < -0.39 is 5.54 Å². The molecule has 5 nitrogen and oxygen atoms in total. The number of hydrogen-bond donors (Lipinski definition) is 0. The molecule has 0 N–H and O–H groups in total. The Balaban J connectivity index is 1.33. The zero-order valence-corrected chi connectivity index (χ0v) is 30.2. The first-order valence-electron chi connectivity index (χ1n) is 18.2. The van der Waals surface area contributed by atoms with Gasteiger partial charge in [-0.1, -0.05) is 90.1 Å². The van der Waals surface area contributed by atoms with Crippen molar-refractivity contribution in [3.63, 3.8) is 0 Å². The van der Waals surface area contributed by atoms with Crippen LogP contribution < -0.4 is 19.1 Å². The molecule has 0 aliphatic carbocycles. The summed E-state index contributed by atoms with van der Waals surface area (Å²) in [6.45, 7) is 13.8. The van der Waals surface area contributed by atoms with Gasteiger partial charge in [-0.25, -0.2) is 4.57 Å². The van der Waals surface area contributed by atoms with Crippen LogP contribution in [0.3, 0.4) is 0 Å². The van der Waals surface area contributed by atoms with E-state index in [1.54, 1.807) is 0 Å². The summed E-state index contributed by atoms with van der Waals surface area (Å²) in [5, 5.41) is 2.53. The van der Waals surface area contributed by atoms with Gasteiger partial charge in [0, 0.05) is 12.4 Å². The predicted octanol–water partition coefficient (Wildman–Crippen LogP) is 10.5. The highest BCUT2D eigenvalue weighted by atomic mass is 16.5. The third-order valence-electron chi connectivity index (χ3n) is 12.1. The number of aromatic nitrogens is 2. The summed E-state index contributed by atoms with van der Waals surface area (Å²) in [5.74, 6) is 1.91. The van der Waals surface area contributed by atoms with E-state index >= 15 is 0 Å². The van der Waals surface area contributed by atoms with Crippen molar-refractivity contribution in [2.75, 3.05) is 16.8 Å². The maximum atomic E-state index is 7.29. The van der Waals surface area contributed by atoms with Crippen LogP contribution in [0.15, 0.2) is 115 Å². The minimum atomic E-state index is -0.606. The van der Waals surface area contributed by atoms with Crippen LogP contribution in [0.4, 0.5) is 17.1 Å². The minimum Gasteiger partial charge on any atom is -0.456 e. The van der Waals surface area contributed by atoms with Gasteiger partial charge < -0.3 is 14.5 Å². The molecule has 2 aromatic heterocycles. The van der Waals surface area contributed by atoms with Gasteiger partial charge in [-0.3, -0.25) is 0 Å². The van der Waals surface area contributed by atoms with E-state index in [1.807, 2.05) is 0 Å². The van der Waals surface area contributed by atoms with Crippen molar-refractivity contribution >= 4 is 39.0 Å². The van der Waals surface area contributed by atoms with Crippen molar-refractivity contribution in [2.45, 2.75) is 64.1 Å². The summed E-state index contributed by atoms with van der Waals surface area (Å²) < 4.78 is 12.4. The first-order valence-corrected chi connectivity index (χ1v) is 18.2. The molecule has 11 rings (SSSR count). The molecule has 0 radical (unpaired) electrons. The number of likely N-dealkylation sites (N-methyl/N-ethyl adjacent to an activating group) is 1. The van der Waals surface area contributed by atoms with Crippen LogP contribution in [0.2, 0.25) is 0 Å². The smallest absolute Gasteiger partial charge is 0.296 e. The van der Waals surface area contributed by atoms with Gasteiger partial charge in [0.15, 0.2) is 6.17 Å². The zero-order chi connectivity index (χ0) is 34.8. The average molecular weight is 666 g/mol. The number of pyridine rings is 1. The standard InChI is InChI=1S/C46H41N4O/c1-44(2,3)29-23-36-40-38(25-29)51-39-26-30(45(4,5)6)24-37-41(39)46(40,48-21-13-17-32-31-16-11-12-18-33(31)49(36)42(32)48)43-47(7)34-20-19-28(22-35(34)50(37)43)27-14-9-8-10-15-27/h8-26,43H,1-7H3/q+1. The van der Waals surface area contributed by atoms with E-state index in [-0.39, 0.29) is 17.0 Å². The fraction of sp³-hybridized carbons (Fsp3) is 0.239. The van der Waals surface area contributed by atoms with Crippen molar-refractivity contribution in [1.82, 2.24) is 4.57 Å². The highest BCUT2D eigenvalue weighted by Gasteiger charge is 2.69. The molecule has 7 aromatic rings. The van der Waals surface area contributed by atoms with Crippen LogP contribution in [0.5, 0.6) is 11.5 Å². The molecule has 4 aliphatic heterocycles. The number of nitrogens with zero attached hydrogens (tertiary/aromatic N) is 4. The minimum absolute atomic E-state index is 0.0771. The van der Waals surface area contributed by atoms with E-state index in [0.717, 1.165) is 11.5 Å². The topological polar surface area (TPSA) is 24.5 Å². The van der Waals surface area contributed by atoms with E-state index in [1.165, 1.54) is 78.1 Å². The second-order valence-corrected chi connectivity index (χ2v) is 17.0. The lowest BCUT2D eigenvalue weighted by Crippen LogP contribution is -2.70. The maximum absolute atomic E-state index is 7.29. The van der Waals surface area contributed by atoms with Crippen LogP contribution in [0.1, 0.15) is 63.8 Å². The third-order valence-corrected chi connectivity index (χ3v) is 12.1. The second-order valence-electron chi connectivity index (χ2n) is 17.0. The number of anilines is 3. The summed E-state index contributed by atoms with van der Waals surface area (Å²) >= 11 is 0. The van der Waals surface area contributed by atoms with Gasteiger partial charge in [-0.2, -0.15) is 4.57 Å². The molecular formula is C46H41N4O+. The Bertz CT molecular complexity index is 2670. The quantitative estimate of drug-likeness (QED) is 0.163. The highest BCUT2D eigenvalue weighted by Crippen LogP contribution is 2.66. The number of rotatable bonds is 1. The van der Waals surface area contributed by atoms with Crippen molar-refractivity contribution in [3.05, 3.63) is 138 Å². The van der Waals surface area contributed by atoms with Crippen molar-refractivity contribution in [1.29, 1.82) is 0 Å². The Kier molecular flexibility index (Phi) is 5.27. The number of ether oxygens (including phenoxy) is 1. The first-order chi connectivity index (χ1) is 24.5. The molecule has 0 saturated heterocycles. The molecule has 250 valence electrons. The average Bonchev–Trinajstić information content (AvgIpc) is 3.72. The largest absolute Gasteiger partial charge is 0.456 e. The van der Waals surface area contributed by atoms with Crippen molar-refractivity contribution in [2.24, 2.45) is 0 Å². The summed E-state index contributed by atoms with van der Waals surface area (Å²) in [4.78, 5) is 5.17. The molecule has 5 heteroatoms. The van der Waals surface area contributed by atoms with Crippen molar-refractivity contribution < 1.29 is 9.30 Å². The van der Waals surface area contributed by atoms with E-state index in [9.17, 15) is 0 Å². The van der Waals surface area contributed by atoms with E-state index in [4.69, 9.17) is 4.74 Å². The van der Waals surface area contributed by atoms with Gasteiger partial charge in [0.05, 0.1) is 39.8 Å². The lowest BCUT2D eigenvalue weighted by Gasteiger charge is -2.44. The van der Waals surface area contributed by atoms with Gasteiger partial charge in [0.25, 0.3) is 5.65 Å². The lowest BCUT2D eigenvalue weighted by atomic mass is 9.74. The molecule has 6 heterocycles. The molecular weight excluding hydrogens is 625 g/mol. The number of benzene rings is 5. The summed E-state index contributed by atoms with van der Waals surface area (Å²) in [5.41, 5.74) is 14.0. The number of para-hydroxylation sites is 1. The van der Waals surface area contributed by atoms with Gasteiger partial charge >= 0.3 is 0 Å². The maximum Gasteiger partial charge on any atom is 0.296 e. The molecule has 0 bridgehead atoms. The molecule has 5 aromatic carbocycles. The Hall–Kier alpha value is -5.55. The first kappa shape index (κ1) is 29.2. The Labute approximate surface area is 298 Å². The summed E-state index contributed by atoms with van der Waals surface area (Å²) in [6.07, 6.45) is 2.25. The van der Waals surface area contributed by atoms with Crippen LogP contribution in [0.25, 0.3) is 38.8 Å². The van der Waals surface area contributed by atoms with Crippen LogP contribution in [-0.4, -0.2) is 17.8 Å². The van der Waals surface area contributed by atoms with E-state index in [2.05, 4.69) is 183 Å². The van der Waals surface area contributed by atoms with Crippen LogP contribution >= 0.6 is 0 Å². The molecule has 2 atom stereocenters. The fourth-order valence-electron chi connectivity index (χ4n) is 9.70. The Morgan fingerprint density at radius 3 is 1.98 bits per heavy atom. The zero-order valence-electron chi connectivity index (χ0n) is 30.2. The fourth-order valence-corrected chi connectivity index (χ4v) is 9.70. The van der Waals surface area contributed by atoms with E-state index in [0.29, 0.717) is 0 Å². The number of hydrogen-bond acceptors (Lipinski definition) is 3. The molecule has 2 unspecified atom stereocenters.